The number of nitrogen functional groups attached to an aromatic ring is 1. The molecule has 2 aromatic rings. The number of ether oxygens (including phenoxy) is 1. The average molecular weight is 404 g/mol. The van der Waals surface area contributed by atoms with E-state index < -0.39 is 0 Å². The van der Waals surface area contributed by atoms with Crippen molar-refractivity contribution in [3.63, 3.8) is 0 Å². The van der Waals surface area contributed by atoms with Crippen molar-refractivity contribution in [1.82, 2.24) is 4.90 Å². The lowest BCUT2D eigenvalue weighted by Crippen LogP contribution is -2.45. The van der Waals surface area contributed by atoms with Gasteiger partial charge >= 0.3 is 0 Å². The molecule has 1 heterocycles. The fraction of sp³-hybridized carbons (Fsp3) is 0.333. The van der Waals surface area contributed by atoms with Crippen molar-refractivity contribution >= 4 is 35.6 Å². The Morgan fingerprint density at radius 3 is 2.71 bits per heavy atom. The Kier molecular flexibility index (Phi) is 7.70. The Morgan fingerprint density at radius 1 is 1.21 bits per heavy atom. The van der Waals surface area contributed by atoms with Crippen LogP contribution in [0.1, 0.15) is 18.4 Å². The van der Waals surface area contributed by atoms with E-state index in [1.54, 1.807) is 17.0 Å². The maximum atomic E-state index is 12.7. The van der Waals surface area contributed by atoms with Gasteiger partial charge in [-0.05, 0) is 49.6 Å². The second-order valence-corrected chi connectivity index (χ2v) is 6.84. The van der Waals surface area contributed by atoms with Crippen molar-refractivity contribution in [2.75, 3.05) is 30.7 Å². The van der Waals surface area contributed by atoms with Crippen molar-refractivity contribution in [3.8, 4) is 5.75 Å². The van der Waals surface area contributed by atoms with E-state index in [1.165, 1.54) is 0 Å². The summed E-state index contributed by atoms with van der Waals surface area (Å²) in [6.07, 6.45) is 1.56. The van der Waals surface area contributed by atoms with Crippen LogP contribution in [0, 0.1) is 12.8 Å². The van der Waals surface area contributed by atoms with Crippen LogP contribution in [0.3, 0.4) is 0 Å². The van der Waals surface area contributed by atoms with Crippen molar-refractivity contribution in [2.24, 2.45) is 5.92 Å². The minimum absolute atomic E-state index is 0. The van der Waals surface area contributed by atoms with Crippen LogP contribution < -0.4 is 15.8 Å². The largest absolute Gasteiger partial charge is 0.484 e. The van der Waals surface area contributed by atoms with Gasteiger partial charge in [-0.1, -0.05) is 24.3 Å². The summed E-state index contributed by atoms with van der Waals surface area (Å²) in [7, 11) is 0. The molecule has 0 aromatic heterocycles. The number of rotatable bonds is 5. The van der Waals surface area contributed by atoms with E-state index in [4.69, 9.17) is 10.5 Å². The third-order valence-corrected chi connectivity index (χ3v) is 4.77. The molecular weight excluding hydrogens is 378 g/mol. The number of carbonyl (C=O) groups excluding carboxylic acids is 2. The molecule has 150 valence electrons. The van der Waals surface area contributed by atoms with Gasteiger partial charge in [0.15, 0.2) is 6.61 Å². The number of hydrogen-bond acceptors (Lipinski definition) is 4. The third kappa shape index (κ3) is 5.63. The summed E-state index contributed by atoms with van der Waals surface area (Å²) in [4.78, 5) is 26.8. The first-order valence-corrected chi connectivity index (χ1v) is 9.15. The van der Waals surface area contributed by atoms with E-state index in [2.05, 4.69) is 5.32 Å². The maximum absolute atomic E-state index is 12.7. The highest BCUT2D eigenvalue weighted by molar-refractivity contribution is 5.94. The smallest absolute Gasteiger partial charge is 0.260 e. The van der Waals surface area contributed by atoms with E-state index in [0.29, 0.717) is 24.5 Å². The van der Waals surface area contributed by atoms with Crippen LogP contribution >= 0.6 is 12.4 Å². The van der Waals surface area contributed by atoms with E-state index in [0.717, 1.165) is 24.1 Å². The summed E-state index contributed by atoms with van der Waals surface area (Å²) in [6.45, 7) is 2.96. The monoisotopic (exact) mass is 403 g/mol. The van der Waals surface area contributed by atoms with E-state index in [1.807, 2.05) is 43.3 Å². The molecule has 1 unspecified atom stereocenters. The lowest BCUT2D eigenvalue weighted by Gasteiger charge is -2.32. The first kappa shape index (κ1) is 21.6. The van der Waals surface area contributed by atoms with Gasteiger partial charge in [-0.15, -0.1) is 12.4 Å². The Hall–Kier alpha value is -2.73. The number of nitrogens with two attached hydrogens (primary N) is 1. The van der Waals surface area contributed by atoms with Gasteiger partial charge in [0, 0.05) is 24.5 Å². The average Bonchev–Trinajstić information content (AvgIpc) is 2.69. The molecule has 0 aliphatic carbocycles. The number of aryl methyl sites for hydroxylation is 1. The number of nitrogens with zero attached hydrogens (tertiary/aromatic N) is 1. The van der Waals surface area contributed by atoms with Gasteiger partial charge in [0.2, 0.25) is 5.91 Å². The fourth-order valence-corrected chi connectivity index (χ4v) is 3.18. The van der Waals surface area contributed by atoms with Crippen LogP contribution in [0.25, 0.3) is 0 Å². The molecular formula is C21H26ClN3O3. The standard InChI is InChI=1S/C21H25N3O3.ClH/c1-15-9-10-17(22)12-19(15)23-21(26)16-6-5-11-24(13-16)20(25)14-27-18-7-3-2-4-8-18;/h2-4,7-10,12,16H,5-6,11,13-14,22H2,1H3,(H,23,26);1H. The number of para-hydroxylation sites is 1. The second-order valence-electron chi connectivity index (χ2n) is 6.84. The van der Waals surface area contributed by atoms with Crippen molar-refractivity contribution in [1.29, 1.82) is 0 Å². The highest BCUT2D eigenvalue weighted by Gasteiger charge is 2.28. The highest BCUT2D eigenvalue weighted by Crippen LogP contribution is 2.22. The number of piperidine rings is 1. The first-order valence-electron chi connectivity index (χ1n) is 9.15. The molecule has 1 aliphatic heterocycles. The van der Waals surface area contributed by atoms with Crippen LogP contribution in [0.4, 0.5) is 11.4 Å². The van der Waals surface area contributed by atoms with Crippen LogP contribution in [0.2, 0.25) is 0 Å². The van der Waals surface area contributed by atoms with Crippen molar-refractivity contribution < 1.29 is 14.3 Å². The second kappa shape index (κ2) is 9.99. The number of halogens is 1. The molecule has 0 radical (unpaired) electrons. The number of carbonyl (C=O) groups is 2. The van der Waals surface area contributed by atoms with Crippen LogP contribution in [0.5, 0.6) is 5.75 Å². The van der Waals surface area contributed by atoms with Gasteiger partial charge in [0.1, 0.15) is 5.75 Å². The molecule has 0 spiro atoms. The normalized spacial score (nSPS) is 16.0. The van der Waals surface area contributed by atoms with E-state index in [-0.39, 0.29) is 36.7 Å². The number of amides is 2. The van der Waals surface area contributed by atoms with Gasteiger partial charge in [-0.25, -0.2) is 0 Å². The summed E-state index contributed by atoms with van der Waals surface area (Å²) in [5, 5.41) is 2.95. The van der Waals surface area contributed by atoms with Crippen molar-refractivity contribution in [2.45, 2.75) is 19.8 Å². The number of likely N-dealkylation sites (tertiary alicyclic amines) is 1. The molecule has 6 nitrogen and oxygen atoms in total. The zero-order chi connectivity index (χ0) is 19.2. The summed E-state index contributed by atoms with van der Waals surface area (Å²) < 4.78 is 5.54. The summed E-state index contributed by atoms with van der Waals surface area (Å²) in [5.41, 5.74) is 8.09. The molecule has 2 aromatic carbocycles. The summed E-state index contributed by atoms with van der Waals surface area (Å²) in [6, 6.07) is 14.7. The molecule has 7 heteroatoms. The molecule has 2 amide bonds. The quantitative estimate of drug-likeness (QED) is 0.750. The number of benzene rings is 2. The SMILES string of the molecule is Cc1ccc(N)cc1NC(=O)C1CCCN(C(=O)COc2ccccc2)C1.Cl. The first-order chi connectivity index (χ1) is 13.0. The van der Waals surface area contributed by atoms with Crippen molar-refractivity contribution in [3.05, 3.63) is 54.1 Å². The van der Waals surface area contributed by atoms with Gasteiger partial charge in [-0.2, -0.15) is 0 Å². The molecule has 3 rings (SSSR count). The zero-order valence-electron chi connectivity index (χ0n) is 15.9. The predicted molar refractivity (Wildman–Crippen MR) is 113 cm³/mol. The molecule has 3 N–H and O–H groups in total. The highest BCUT2D eigenvalue weighted by atomic mass is 35.5. The zero-order valence-corrected chi connectivity index (χ0v) is 16.7. The summed E-state index contributed by atoms with van der Waals surface area (Å²) in [5.74, 6) is 0.246. The fourth-order valence-electron chi connectivity index (χ4n) is 3.18. The minimum Gasteiger partial charge on any atom is -0.484 e. The van der Waals surface area contributed by atoms with E-state index in [9.17, 15) is 9.59 Å². The van der Waals surface area contributed by atoms with Crippen LogP contribution in [0.15, 0.2) is 48.5 Å². The Bertz CT molecular complexity index is 814. The van der Waals surface area contributed by atoms with Gasteiger partial charge in [0.25, 0.3) is 5.91 Å². The topological polar surface area (TPSA) is 84.7 Å². The predicted octanol–water partition coefficient (Wildman–Crippen LogP) is 3.26. The number of anilines is 2. The minimum atomic E-state index is -0.236. The Balaban J connectivity index is 0.00000280. The maximum Gasteiger partial charge on any atom is 0.260 e. The van der Waals surface area contributed by atoms with Gasteiger partial charge in [0.05, 0.1) is 5.92 Å². The lowest BCUT2D eigenvalue weighted by molar-refractivity contribution is -0.136. The number of nitrogens with one attached hydrogen (secondary N) is 1. The Labute approximate surface area is 171 Å². The molecule has 1 atom stereocenters. The van der Waals surface area contributed by atoms with Gasteiger partial charge < -0.3 is 20.7 Å². The molecule has 0 saturated carbocycles. The van der Waals surface area contributed by atoms with Gasteiger partial charge in [-0.3, -0.25) is 9.59 Å². The van der Waals surface area contributed by atoms with Crippen LogP contribution in [-0.2, 0) is 9.59 Å². The molecule has 1 aliphatic rings. The van der Waals surface area contributed by atoms with Crippen LogP contribution in [-0.4, -0.2) is 36.4 Å². The third-order valence-electron chi connectivity index (χ3n) is 4.77. The number of hydrogen-bond donors (Lipinski definition) is 2. The molecule has 0 bridgehead atoms. The van der Waals surface area contributed by atoms with E-state index >= 15 is 0 Å². The molecule has 28 heavy (non-hydrogen) atoms. The Morgan fingerprint density at radius 2 is 1.96 bits per heavy atom. The molecule has 1 saturated heterocycles. The lowest BCUT2D eigenvalue weighted by atomic mass is 9.96. The molecule has 1 fully saturated rings. The summed E-state index contributed by atoms with van der Waals surface area (Å²) >= 11 is 0.